The standard InChI is InChI=1S/C26H30N2O4.2ClH/c1-2-15-32-25-16-21(9-12-23(25)26(30)31)19-5-3-18(4-6-19)13-14-28-17-24(29)20-7-10-22(27)11-8-20;;/h3-12,16,24,28-29H,2,13-15,17,27H2,1H3,(H,30,31);2*1H/t24-;;/m1../s1. The molecule has 184 valence electrons. The molecule has 0 radical (unpaired) electrons. The molecule has 0 aliphatic carbocycles. The Labute approximate surface area is 213 Å². The Kier molecular flexibility index (Phi) is 12.5. The summed E-state index contributed by atoms with van der Waals surface area (Å²) in [6.07, 6.45) is 1.07. The van der Waals surface area contributed by atoms with Crippen molar-refractivity contribution in [3.05, 3.63) is 83.4 Å². The van der Waals surface area contributed by atoms with E-state index in [2.05, 4.69) is 17.4 Å². The predicted octanol–water partition coefficient (Wildman–Crippen LogP) is 5.13. The van der Waals surface area contributed by atoms with E-state index < -0.39 is 12.1 Å². The van der Waals surface area contributed by atoms with Crippen LogP contribution in [0.1, 0.15) is 40.9 Å². The number of nitrogen functional groups attached to an aromatic ring is 1. The Balaban J connectivity index is 0.00000289. The lowest BCUT2D eigenvalue weighted by Gasteiger charge is -2.13. The van der Waals surface area contributed by atoms with Crippen molar-refractivity contribution in [2.24, 2.45) is 0 Å². The first kappa shape index (κ1) is 29.3. The number of nitrogens with two attached hydrogens (primary N) is 1. The number of hydrogen-bond donors (Lipinski definition) is 4. The van der Waals surface area contributed by atoms with Crippen LogP contribution in [0, 0.1) is 0 Å². The van der Waals surface area contributed by atoms with Crippen molar-refractivity contribution in [1.29, 1.82) is 0 Å². The number of ether oxygens (including phenoxy) is 1. The first-order chi connectivity index (χ1) is 15.5. The molecule has 1 atom stereocenters. The highest BCUT2D eigenvalue weighted by atomic mass is 35.5. The molecule has 8 heteroatoms. The summed E-state index contributed by atoms with van der Waals surface area (Å²) < 4.78 is 5.64. The lowest BCUT2D eigenvalue weighted by molar-refractivity contribution is 0.0692. The maximum Gasteiger partial charge on any atom is 0.339 e. The van der Waals surface area contributed by atoms with Crippen LogP contribution >= 0.6 is 24.8 Å². The summed E-state index contributed by atoms with van der Waals surface area (Å²) in [5.74, 6) is -0.600. The van der Waals surface area contributed by atoms with Gasteiger partial charge in [-0.15, -0.1) is 24.8 Å². The summed E-state index contributed by atoms with van der Waals surface area (Å²) in [5, 5.41) is 22.9. The molecule has 3 rings (SSSR count). The van der Waals surface area contributed by atoms with Crippen LogP contribution in [-0.4, -0.2) is 35.9 Å². The Morgan fingerprint density at radius 1 is 1.00 bits per heavy atom. The number of benzene rings is 3. The monoisotopic (exact) mass is 506 g/mol. The van der Waals surface area contributed by atoms with Gasteiger partial charge in [0.25, 0.3) is 0 Å². The van der Waals surface area contributed by atoms with Crippen molar-refractivity contribution in [2.75, 3.05) is 25.4 Å². The molecule has 0 heterocycles. The Morgan fingerprint density at radius 3 is 2.26 bits per heavy atom. The molecular weight excluding hydrogens is 475 g/mol. The van der Waals surface area contributed by atoms with Gasteiger partial charge in [-0.3, -0.25) is 0 Å². The van der Waals surface area contributed by atoms with E-state index in [0.717, 1.165) is 36.1 Å². The fraction of sp³-hybridized carbons (Fsp3) is 0.269. The predicted molar refractivity (Wildman–Crippen MR) is 142 cm³/mol. The third-order valence-electron chi connectivity index (χ3n) is 5.21. The molecule has 6 nitrogen and oxygen atoms in total. The number of carboxylic acids is 1. The SMILES string of the molecule is CCCOc1cc(-c2ccc(CCNC[C@@H](O)c3ccc(N)cc3)cc2)ccc1C(=O)O.Cl.Cl. The second-order valence-electron chi connectivity index (χ2n) is 7.70. The lowest BCUT2D eigenvalue weighted by Crippen LogP contribution is -2.23. The highest BCUT2D eigenvalue weighted by molar-refractivity contribution is 5.92. The minimum atomic E-state index is -0.994. The fourth-order valence-electron chi connectivity index (χ4n) is 3.38. The third-order valence-corrected chi connectivity index (χ3v) is 5.21. The summed E-state index contributed by atoms with van der Waals surface area (Å²) in [4.78, 5) is 11.4. The van der Waals surface area contributed by atoms with Crippen LogP contribution in [0.4, 0.5) is 5.69 Å². The average Bonchev–Trinajstić information content (AvgIpc) is 2.81. The lowest BCUT2D eigenvalue weighted by atomic mass is 10.0. The minimum absolute atomic E-state index is 0. The van der Waals surface area contributed by atoms with Gasteiger partial charge < -0.3 is 26.0 Å². The van der Waals surface area contributed by atoms with Gasteiger partial charge in [-0.25, -0.2) is 4.79 Å². The van der Waals surface area contributed by atoms with Gasteiger partial charge in [-0.05, 0) is 65.9 Å². The second-order valence-corrected chi connectivity index (χ2v) is 7.70. The highest BCUT2D eigenvalue weighted by Crippen LogP contribution is 2.28. The minimum Gasteiger partial charge on any atom is -0.493 e. The van der Waals surface area contributed by atoms with Gasteiger partial charge in [0.15, 0.2) is 0 Å². The molecule has 5 N–H and O–H groups in total. The maximum absolute atomic E-state index is 11.4. The number of anilines is 1. The average molecular weight is 507 g/mol. The molecule has 0 aliphatic heterocycles. The number of carbonyl (C=O) groups is 1. The topological polar surface area (TPSA) is 105 Å². The van der Waals surface area contributed by atoms with E-state index in [0.29, 0.717) is 24.6 Å². The molecule has 0 aliphatic rings. The Hall–Kier alpha value is -2.77. The van der Waals surface area contributed by atoms with E-state index in [1.54, 1.807) is 30.3 Å². The number of aromatic carboxylic acids is 1. The van der Waals surface area contributed by atoms with Gasteiger partial charge in [0.2, 0.25) is 0 Å². The van der Waals surface area contributed by atoms with E-state index in [9.17, 15) is 15.0 Å². The first-order valence-electron chi connectivity index (χ1n) is 10.8. The number of carboxylic acid groups (broad SMARTS) is 1. The molecule has 0 unspecified atom stereocenters. The summed E-state index contributed by atoms with van der Waals surface area (Å²) in [5.41, 5.74) is 10.5. The van der Waals surface area contributed by atoms with Crippen LogP contribution in [0.2, 0.25) is 0 Å². The highest BCUT2D eigenvalue weighted by Gasteiger charge is 2.13. The van der Waals surface area contributed by atoms with Crippen LogP contribution in [0.3, 0.4) is 0 Å². The number of nitrogens with one attached hydrogen (secondary N) is 1. The van der Waals surface area contributed by atoms with Gasteiger partial charge in [-0.1, -0.05) is 49.4 Å². The number of halogens is 2. The van der Waals surface area contributed by atoms with Crippen molar-refractivity contribution >= 4 is 36.5 Å². The smallest absolute Gasteiger partial charge is 0.339 e. The summed E-state index contributed by atoms with van der Waals surface area (Å²) in [6, 6.07) is 20.6. The molecule has 0 bridgehead atoms. The molecule has 34 heavy (non-hydrogen) atoms. The zero-order chi connectivity index (χ0) is 22.9. The molecule has 3 aromatic rings. The quantitative estimate of drug-likeness (QED) is 0.212. The van der Waals surface area contributed by atoms with E-state index in [4.69, 9.17) is 10.5 Å². The Bertz CT molecular complexity index is 1030. The molecule has 0 saturated carbocycles. The van der Waals surface area contributed by atoms with Gasteiger partial charge in [-0.2, -0.15) is 0 Å². The number of aliphatic hydroxyl groups is 1. The largest absolute Gasteiger partial charge is 0.493 e. The van der Waals surface area contributed by atoms with Crippen molar-refractivity contribution in [3.63, 3.8) is 0 Å². The van der Waals surface area contributed by atoms with Crippen molar-refractivity contribution in [2.45, 2.75) is 25.9 Å². The molecule has 0 spiro atoms. The van der Waals surface area contributed by atoms with Gasteiger partial charge in [0.05, 0.1) is 12.7 Å². The van der Waals surface area contributed by atoms with Crippen LogP contribution in [0.25, 0.3) is 11.1 Å². The second kappa shape index (κ2) is 14.5. The molecule has 0 amide bonds. The molecular formula is C26H32Cl2N2O4. The van der Waals surface area contributed by atoms with Gasteiger partial charge in [0, 0.05) is 12.2 Å². The molecule has 3 aromatic carbocycles. The summed E-state index contributed by atoms with van der Waals surface area (Å²) in [7, 11) is 0. The number of hydrogen-bond acceptors (Lipinski definition) is 5. The van der Waals surface area contributed by atoms with Crippen LogP contribution in [-0.2, 0) is 6.42 Å². The summed E-state index contributed by atoms with van der Waals surface area (Å²) in [6.45, 7) is 3.67. The maximum atomic E-state index is 11.4. The van der Waals surface area contributed by atoms with Gasteiger partial charge in [0.1, 0.15) is 11.3 Å². The van der Waals surface area contributed by atoms with E-state index >= 15 is 0 Å². The normalized spacial score (nSPS) is 11.1. The zero-order valence-corrected chi connectivity index (χ0v) is 20.7. The van der Waals surface area contributed by atoms with Crippen molar-refractivity contribution < 1.29 is 19.7 Å². The summed E-state index contributed by atoms with van der Waals surface area (Å²) >= 11 is 0. The van der Waals surface area contributed by atoms with E-state index in [1.165, 1.54) is 5.56 Å². The molecule has 0 fully saturated rings. The van der Waals surface area contributed by atoms with Crippen LogP contribution in [0.15, 0.2) is 66.7 Å². The van der Waals surface area contributed by atoms with Crippen molar-refractivity contribution in [1.82, 2.24) is 5.32 Å². The first-order valence-corrected chi connectivity index (χ1v) is 10.8. The van der Waals surface area contributed by atoms with E-state index in [-0.39, 0.29) is 30.4 Å². The third kappa shape index (κ3) is 8.22. The molecule has 0 saturated heterocycles. The van der Waals surface area contributed by atoms with Crippen LogP contribution < -0.4 is 15.8 Å². The number of rotatable bonds is 11. The van der Waals surface area contributed by atoms with Gasteiger partial charge >= 0.3 is 5.97 Å². The van der Waals surface area contributed by atoms with Crippen LogP contribution in [0.5, 0.6) is 5.75 Å². The fourth-order valence-corrected chi connectivity index (χ4v) is 3.38. The number of aliphatic hydroxyl groups excluding tert-OH is 1. The Morgan fingerprint density at radius 2 is 1.65 bits per heavy atom. The molecule has 0 aromatic heterocycles. The van der Waals surface area contributed by atoms with E-state index in [1.807, 2.05) is 31.2 Å². The zero-order valence-electron chi connectivity index (χ0n) is 19.1. The van der Waals surface area contributed by atoms with Crippen molar-refractivity contribution in [3.8, 4) is 16.9 Å².